The van der Waals surface area contributed by atoms with Crippen molar-refractivity contribution in [1.82, 2.24) is 10.3 Å². The highest BCUT2D eigenvalue weighted by Crippen LogP contribution is 2.28. The van der Waals surface area contributed by atoms with Gasteiger partial charge in [0, 0.05) is 23.6 Å². The third-order valence-corrected chi connectivity index (χ3v) is 4.55. The van der Waals surface area contributed by atoms with Gasteiger partial charge in [-0.1, -0.05) is 19.4 Å². The Labute approximate surface area is 163 Å². The predicted molar refractivity (Wildman–Crippen MR) is 107 cm³/mol. The number of hydrogen-bond donors (Lipinski definition) is 2. The zero-order valence-corrected chi connectivity index (χ0v) is 16.2. The number of halogens is 1. The average molecular weight is 384 g/mol. The number of nitrogens with one attached hydrogen (secondary N) is 2. The maximum absolute atomic E-state index is 13.5. The highest BCUT2D eigenvalue weighted by molar-refractivity contribution is 5.88. The molecule has 0 unspecified atom stereocenters. The number of carbonyl (C=O) groups is 1. The largest absolute Gasteiger partial charge is 0.493 e. The molecule has 6 heteroatoms. The van der Waals surface area contributed by atoms with E-state index in [2.05, 4.69) is 17.2 Å². The molecule has 28 heavy (non-hydrogen) atoms. The van der Waals surface area contributed by atoms with E-state index in [1.807, 2.05) is 18.2 Å². The van der Waals surface area contributed by atoms with Crippen LogP contribution >= 0.6 is 0 Å². The molecule has 2 aromatic carbocycles. The van der Waals surface area contributed by atoms with Gasteiger partial charge in [0.1, 0.15) is 5.82 Å². The van der Waals surface area contributed by atoms with E-state index in [0.717, 1.165) is 34.9 Å². The van der Waals surface area contributed by atoms with Crippen molar-refractivity contribution in [3.8, 4) is 11.5 Å². The fraction of sp³-hybridized carbons (Fsp3) is 0.318. The highest BCUT2D eigenvalue weighted by Gasteiger charge is 2.11. The first-order valence-corrected chi connectivity index (χ1v) is 9.42. The summed E-state index contributed by atoms with van der Waals surface area (Å²) >= 11 is 0. The zero-order chi connectivity index (χ0) is 19.9. The lowest BCUT2D eigenvalue weighted by Gasteiger charge is -2.12. The summed E-state index contributed by atoms with van der Waals surface area (Å²) in [5, 5.41) is 3.62. The standard InChI is InChI=1S/C22H25FN2O3/c1-3-4-9-28-20-8-5-15(10-21(20)27-2)13-25-22(26)11-16-14-24-19-7-6-17(23)12-18(16)19/h5-8,10,12,14,24H,3-4,9,11,13H2,1-2H3,(H,25,26). The quantitative estimate of drug-likeness (QED) is 0.539. The van der Waals surface area contributed by atoms with Crippen molar-refractivity contribution in [3.05, 3.63) is 59.5 Å². The van der Waals surface area contributed by atoms with Crippen molar-refractivity contribution in [1.29, 1.82) is 0 Å². The van der Waals surface area contributed by atoms with Crippen molar-refractivity contribution < 1.29 is 18.7 Å². The number of amides is 1. The van der Waals surface area contributed by atoms with Crippen LogP contribution in [0.15, 0.2) is 42.6 Å². The summed E-state index contributed by atoms with van der Waals surface area (Å²) in [6.07, 6.45) is 3.97. The average Bonchev–Trinajstić information content (AvgIpc) is 3.09. The number of H-pyrrole nitrogens is 1. The molecule has 148 valence electrons. The van der Waals surface area contributed by atoms with Gasteiger partial charge in [0.15, 0.2) is 11.5 Å². The number of aromatic nitrogens is 1. The number of aromatic amines is 1. The molecule has 1 amide bonds. The van der Waals surface area contributed by atoms with Crippen LogP contribution in [0, 0.1) is 5.82 Å². The minimum atomic E-state index is -0.318. The first-order chi connectivity index (χ1) is 13.6. The highest BCUT2D eigenvalue weighted by atomic mass is 19.1. The third kappa shape index (κ3) is 4.82. The molecule has 3 aromatic rings. The number of rotatable bonds is 9. The normalized spacial score (nSPS) is 10.8. The molecule has 5 nitrogen and oxygen atoms in total. The van der Waals surface area contributed by atoms with E-state index in [0.29, 0.717) is 24.7 Å². The fourth-order valence-corrected chi connectivity index (χ4v) is 3.00. The summed E-state index contributed by atoms with van der Waals surface area (Å²) in [6, 6.07) is 10.1. The van der Waals surface area contributed by atoms with Crippen molar-refractivity contribution in [2.24, 2.45) is 0 Å². The van der Waals surface area contributed by atoms with Gasteiger partial charge in [-0.05, 0) is 47.9 Å². The van der Waals surface area contributed by atoms with Gasteiger partial charge >= 0.3 is 0 Å². The van der Waals surface area contributed by atoms with Crippen LogP contribution in [0.1, 0.15) is 30.9 Å². The van der Waals surface area contributed by atoms with Gasteiger partial charge in [-0.25, -0.2) is 4.39 Å². The maximum Gasteiger partial charge on any atom is 0.224 e. The van der Waals surface area contributed by atoms with Crippen LogP contribution in [0.4, 0.5) is 4.39 Å². The van der Waals surface area contributed by atoms with E-state index in [-0.39, 0.29) is 18.1 Å². The molecule has 0 radical (unpaired) electrons. The molecule has 0 saturated heterocycles. The van der Waals surface area contributed by atoms with Crippen LogP contribution in [0.2, 0.25) is 0 Å². The Bertz CT molecular complexity index is 952. The number of fused-ring (bicyclic) bond motifs is 1. The summed E-state index contributed by atoms with van der Waals surface area (Å²) in [6.45, 7) is 3.13. The molecule has 0 fully saturated rings. The van der Waals surface area contributed by atoms with Crippen molar-refractivity contribution >= 4 is 16.8 Å². The summed E-state index contributed by atoms with van der Waals surface area (Å²) < 4.78 is 24.6. The van der Waals surface area contributed by atoms with Gasteiger partial charge in [0.05, 0.1) is 20.1 Å². The van der Waals surface area contributed by atoms with Crippen molar-refractivity contribution in [2.45, 2.75) is 32.7 Å². The van der Waals surface area contributed by atoms with Gasteiger partial charge in [0.2, 0.25) is 5.91 Å². The van der Waals surface area contributed by atoms with Crippen LogP contribution in [0.3, 0.4) is 0 Å². The SMILES string of the molecule is CCCCOc1ccc(CNC(=O)Cc2c[nH]c3ccc(F)cc23)cc1OC. The molecular weight excluding hydrogens is 359 g/mol. The molecule has 3 rings (SSSR count). The predicted octanol–water partition coefficient (Wildman–Crippen LogP) is 4.35. The van der Waals surface area contributed by atoms with Crippen LogP contribution < -0.4 is 14.8 Å². The lowest BCUT2D eigenvalue weighted by Crippen LogP contribution is -2.24. The Morgan fingerprint density at radius 1 is 1.18 bits per heavy atom. The third-order valence-electron chi connectivity index (χ3n) is 4.55. The number of hydrogen-bond acceptors (Lipinski definition) is 3. The number of methoxy groups -OCH3 is 1. The minimum Gasteiger partial charge on any atom is -0.493 e. The summed E-state index contributed by atoms with van der Waals surface area (Å²) in [4.78, 5) is 15.4. The van der Waals surface area contributed by atoms with Crippen molar-refractivity contribution in [2.75, 3.05) is 13.7 Å². The van der Waals surface area contributed by atoms with Crippen molar-refractivity contribution in [3.63, 3.8) is 0 Å². The number of ether oxygens (including phenoxy) is 2. The summed E-state index contributed by atoms with van der Waals surface area (Å²) in [7, 11) is 1.60. The van der Waals surface area contributed by atoms with Gasteiger partial charge in [-0.2, -0.15) is 0 Å². The molecule has 0 spiro atoms. The smallest absolute Gasteiger partial charge is 0.224 e. The van der Waals surface area contributed by atoms with Gasteiger partial charge in [-0.15, -0.1) is 0 Å². The maximum atomic E-state index is 13.5. The zero-order valence-electron chi connectivity index (χ0n) is 16.2. The number of carbonyl (C=O) groups excluding carboxylic acids is 1. The van der Waals surface area contributed by atoms with E-state index < -0.39 is 0 Å². The molecule has 2 N–H and O–H groups in total. The summed E-state index contributed by atoms with van der Waals surface area (Å²) in [5.74, 6) is 0.899. The van der Waals surface area contributed by atoms with E-state index in [1.54, 1.807) is 19.4 Å². The molecule has 0 bridgehead atoms. The van der Waals surface area contributed by atoms with Crippen LogP contribution in [-0.2, 0) is 17.8 Å². The molecule has 0 aliphatic rings. The summed E-state index contributed by atoms with van der Waals surface area (Å²) in [5.41, 5.74) is 2.50. The van der Waals surface area contributed by atoms with E-state index >= 15 is 0 Å². The Morgan fingerprint density at radius 3 is 2.82 bits per heavy atom. The second-order valence-corrected chi connectivity index (χ2v) is 6.64. The lowest BCUT2D eigenvalue weighted by atomic mass is 10.1. The van der Waals surface area contributed by atoms with Gasteiger partial charge in [0.25, 0.3) is 0 Å². The lowest BCUT2D eigenvalue weighted by molar-refractivity contribution is -0.120. The Balaban J connectivity index is 1.60. The Kier molecular flexibility index (Phi) is 6.53. The monoisotopic (exact) mass is 384 g/mol. The molecule has 0 saturated carbocycles. The number of unbranched alkanes of at least 4 members (excludes halogenated alkanes) is 1. The topological polar surface area (TPSA) is 63.3 Å². The van der Waals surface area contributed by atoms with Crippen LogP contribution in [0.25, 0.3) is 10.9 Å². The molecule has 1 heterocycles. The second-order valence-electron chi connectivity index (χ2n) is 6.64. The minimum absolute atomic E-state index is 0.132. The fourth-order valence-electron chi connectivity index (χ4n) is 3.00. The van der Waals surface area contributed by atoms with Crippen LogP contribution in [-0.4, -0.2) is 24.6 Å². The van der Waals surface area contributed by atoms with Crippen LogP contribution in [0.5, 0.6) is 11.5 Å². The van der Waals surface area contributed by atoms with E-state index in [1.165, 1.54) is 12.1 Å². The second kappa shape index (κ2) is 9.26. The molecule has 1 aromatic heterocycles. The first kappa shape index (κ1) is 19.7. The first-order valence-electron chi connectivity index (χ1n) is 9.42. The van der Waals surface area contributed by atoms with E-state index in [9.17, 15) is 9.18 Å². The molecule has 0 atom stereocenters. The van der Waals surface area contributed by atoms with Gasteiger partial charge < -0.3 is 19.8 Å². The molecular formula is C22H25FN2O3. The Morgan fingerprint density at radius 2 is 2.04 bits per heavy atom. The van der Waals surface area contributed by atoms with E-state index in [4.69, 9.17) is 9.47 Å². The van der Waals surface area contributed by atoms with Gasteiger partial charge in [-0.3, -0.25) is 4.79 Å². The Hall–Kier alpha value is -3.02. The molecule has 0 aliphatic carbocycles. The molecule has 0 aliphatic heterocycles. The number of benzene rings is 2.